The van der Waals surface area contributed by atoms with Gasteiger partial charge in [0, 0.05) is 26.1 Å². The largest absolute Gasteiger partial charge is 0.343 e. The predicted molar refractivity (Wildman–Crippen MR) is 72.7 cm³/mol. The molecule has 0 bridgehead atoms. The third-order valence-corrected chi connectivity index (χ3v) is 5.83. The van der Waals surface area contributed by atoms with Crippen molar-refractivity contribution in [3.63, 3.8) is 0 Å². The molecule has 1 saturated heterocycles. The third kappa shape index (κ3) is 3.88. The van der Waals surface area contributed by atoms with Gasteiger partial charge in [0.25, 0.3) is 10.0 Å². The number of hydrogen-bond acceptors (Lipinski definition) is 5. The van der Waals surface area contributed by atoms with Gasteiger partial charge in [-0.05, 0) is 12.8 Å². The maximum atomic E-state index is 11.8. The molecular formula is C10H14ClN3O3S2. The second-order valence-electron chi connectivity index (χ2n) is 4.17. The van der Waals surface area contributed by atoms with Crippen molar-refractivity contribution in [2.75, 3.05) is 19.6 Å². The van der Waals surface area contributed by atoms with Crippen molar-refractivity contribution >= 4 is 38.9 Å². The number of carbonyl (C=O) groups is 1. The number of thiazole rings is 1. The first-order chi connectivity index (χ1) is 8.99. The van der Waals surface area contributed by atoms with Crippen molar-refractivity contribution in [1.29, 1.82) is 0 Å². The van der Waals surface area contributed by atoms with Gasteiger partial charge in [0.05, 0.1) is 6.20 Å². The number of rotatable bonds is 6. The van der Waals surface area contributed by atoms with Crippen LogP contribution < -0.4 is 4.72 Å². The zero-order valence-electron chi connectivity index (χ0n) is 10.1. The first-order valence-electron chi connectivity index (χ1n) is 5.88. The van der Waals surface area contributed by atoms with Crippen LogP contribution in [0.25, 0.3) is 0 Å². The summed E-state index contributed by atoms with van der Waals surface area (Å²) in [6.07, 6.45) is 3.33. The van der Waals surface area contributed by atoms with Crippen LogP contribution in [0.4, 0.5) is 0 Å². The second-order valence-corrected chi connectivity index (χ2v) is 7.77. The van der Waals surface area contributed by atoms with Gasteiger partial charge in [-0.1, -0.05) is 22.9 Å². The van der Waals surface area contributed by atoms with Crippen molar-refractivity contribution < 1.29 is 13.2 Å². The molecule has 0 aliphatic carbocycles. The molecule has 0 radical (unpaired) electrons. The summed E-state index contributed by atoms with van der Waals surface area (Å²) >= 11 is 6.52. The highest BCUT2D eigenvalue weighted by atomic mass is 35.5. The van der Waals surface area contributed by atoms with Gasteiger partial charge in [0.15, 0.2) is 8.68 Å². The summed E-state index contributed by atoms with van der Waals surface area (Å²) in [7, 11) is -3.53. The van der Waals surface area contributed by atoms with E-state index < -0.39 is 10.0 Å². The van der Waals surface area contributed by atoms with Crippen molar-refractivity contribution in [1.82, 2.24) is 14.6 Å². The maximum Gasteiger partial charge on any atom is 0.251 e. The normalized spacial score (nSPS) is 16.3. The lowest BCUT2D eigenvalue weighted by molar-refractivity contribution is -0.127. The Morgan fingerprint density at radius 1 is 1.53 bits per heavy atom. The fraction of sp³-hybridized carbons (Fsp3) is 0.600. The highest BCUT2D eigenvalue weighted by Crippen LogP contribution is 2.22. The van der Waals surface area contributed by atoms with Gasteiger partial charge in [-0.25, -0.2) is 18.1 Å². The minimum atomic E-state index is -3.53. The third-order valence-electron chi connectivity index (χ3n) is 2.79. The molecule has 0 saturated carbocycles. The van der Waals surface area contributed by atoms with E-state index in [1.54, 1.807) is 4.90 Å². The molecule has 1 fully saturated rings. The van der Waals surface area contributed by atoms with E-state index in [0.717, 1.165) is 24.3 Å². The molecule has 1 aromatic rings. The van der Waals surface area contributed by atoms with E-state index in [1.807, 2.05) is 0 Å². The van der Waals surface area contributed by atoms with Crippen LogP contribution in [0, 0.1) is 0 Å². The van der Waals surface area contributed by atoms with E-state index in [-0.39, 0.29) is 14.6 Å². The molecule has 1 amide bonds. The molecule has 0 spiro atoms. The second kappa shape index (κ2) is 6.17. The summed E-state index contributed by atoms with van der Waals surface area (Å²) < 4.78 is 26.4. The van der Waals surface area contributed by atoms with Crippen LogP contribution in [-0.2, 0) is 14.8 Å². The first kappa shape index (κ1) is 14.7. The van der Waals surface area contributed by atoms with Gasteiger partial charge < -0.3 is 4.90 Å². The highest BCUT2D eigenvalue weighted by Gasteiger charge is 2.20. The Morgan fingerprint density at radius 3 is 2.89 bits per heavy atom. The monoisotopic (exact) mass is 323 g/mol. The van der Waals surface area contributed by atoms with Gasteiger partial charge in [-0.2, -0.15) is 0 Å². The lowest BCUT2D eigenvalue weighted by Gasteiger charge is -2.15. The number of nitrogens with zero attached hydrogens (tertiary/aromatic N) is 2. The molecule has 9 heteroatoms. The first-order valence-corrected chi connectivity index (χ1v) is 8.55. The molecule has 1 aliphatic heterocycles. The lowest BCUT2D eigenvalue weighted by atomic mass is 10.4. The summed E-state index contributed by atoms with van der Waals surface area (Å²) in [5.74, 6) is 0.150. The Balaban J connectivity index is 1.77. The van der Waals surface area contributed by atoms with E-state index in [0.29, 0.717) is 25.9 Å². The van der Waals surface area contributed by atoms with Crippen molar-refractivity contribution in [2.45, 2.75) is 23.5 Å². The molecule has 2 heterocycles. The van der Waals surface area contributed by atoms with Crippen LogP contribution in [0.2, 0.25) is 4.47 Å². The fourth-order valence-corrected chi connectivity index (χ4v) is 4.26. The molecule has 0 aromatic carbocycles. The number of hydrogen-bond donors (Lipinski definition) is 1. The van der Waals surface area contributed by atoms with Crippen LogP contribution >= 0.6 is 22.9 Å². The molecule has 0 atom stereocenters. The zero-order valence-corrected chi connectivity index (χ0v) is 12.5. The summed E-state index contributed by atoms with van der Waals surface area (Å²) in [6.45, 7) is 1.66. The standard InChI is InChI=1S/C10H14ClN3O3S2/c11-10-12-7-9(18-10)19(16,17)13-4-2-6-14-5-1-3-8(14)15/h7,13H,1-6H2. The predicted octanol–water partition coefficient (Wildman–Crippen LogP) is 1.09. The number of halogens is 1. The van der Waals surface area contributed by atoms with Crippen LogP contribution in [0.1, 0.15) is 19.3 Å². The zero-order chi connectivity index (χ0) is 13.9. The summed E-state index contributed by atoms with van der Waals surface area (Å²) in [5, 5.41) is 0. The number of carbonyl (C=O) groups excluding carboxylic acids is 1. The molecule has 0 unspecified atom stereocenters. The van der Waals surface area contributed by atoms with Crippen molar-refractivity contribution in [3.8, 4) is 0 Å². The van der Waals surface area contributed by atoms with E-state index in [2.05, 4.69) is 9.71 Å². The molecule has 6 nitrogen and oxygen atoms in total. The fourth-order valence-electron chi connectivity index (χ4n) is 1.85. The minimum absolute atomic E-state index is 0.106. The van der Waals surface area contributed by atoms with Crippen LogP contribution in [0.5, 0.6) is 0 Å². The van der Waals surface area contributed by atoms with Crippen molar-refractivity contribution in [2.24, 2.45) is 0 Å². The van der Waals surface area contributed by atoms with Gasteiger partial charge in [-0.3, -0.25) is 4.79 Å². The average Bonchev–Trinajstić information content (AvgIpc) is 2.94. The number of sulfonamides is 1. The number of amides is 1. The summed E-state index contributed by atoms with van der Waals surface area (Å²) in [4.78, 5) is 16.8. The van der Waals surface area contributed by atoms with Gasteiger partial charge in [0.1, 0.15) is 0 Å². The Morgan fingerprint density at radius 2 is 2.32 bits per heavy atom. The molecule has 1 N–H and O–H groups in total. The topological polar surface area (TPSA) is 79.4 Å². The minimum Gasteiger partial charge on any atom is -0.343 e. The molecular weight excluding hydrogens is 310 g/mol. The number of likely N-dealkylation sites (tertiary alicyclic amines) is 1. The van der Waals surface area contributed by atoms with Crippen molar-refractivity contribution in [3.05, 3.63) is 10.7 Å². The number of nitrogens with one attached hydrogen (secondary N) is 1. The summed E-state index contributed by atoms with van der Waals surface area (Å²) in [6, 6.07) is 0. The Labute approximate surface area is 120 Å². The van der Waals surface area contributed by atoms with Gasteiger partial charge in [0.2, 0.25) is 5.91 Å². The lowest BCUT2D eigenvalue weighted by Crippen LogP contribution is -2.30. The van der Waals surface area contributed by atoms with E-state index in [1.165, 1.54) is 6.20 Å². The quantitative estimate of drug-likeness (QED) is 0.795. The SMILES string of the molecule is O=C1CCCN1CCCNS(=O)(=O)c1cnc(Cl)s1. The highest BCUT2D eigenvalue weighted by molar-refractivity contribution is 7.91. The van der Waals surface area contributed by atoms with Gasteiger partial charge >= 0.3 is 0 Å². The Bertz CT molecular complexity index is 558. The van der Waals surface area contributed by atoms with Crippen LogP contribution in [0.3, 0.4) is 0 Å². The Hall–Kier alpha value is -0.700. The van der Waals surface area contributed by atoms with Crippen LogP contribution in [0.15, 0.2) is 10.4 Å². The van der Waals surface area contributed by atoms with Crippen LogP contribution in [-0.4, -0.2) is 43.8 Å². The number of aromatic nitrogens is 1. The molecule has 1 aromatic heterocycles. The van der Waals surface area contributed by atoms with E-state index in [4.69, 9.17) is 11.6 Å². The average molecular weight is 324 g/mol. The van der Waals surface area contributed by atoms with Gasteiger partial charge in [-0.15, -0.1) is 0 Å². The van der Waals surface area contributed by atoms with E-state index in [9.17, 15) is 13.2 Å². The maximum absolute atomic E-state index is 11.8. The molecule has 19 heavy (non-hydrogen) atoms. The summed E-state index contributed by atoms with van der Waals surface area (Å²) in [5.41, 5.74) is 0. The van der Waals surface area contributed by atoms with E-state index >= 15 is 0 Å². The Kier molecular flexibility index (Phi) is 4.77. The molecule has 106 valence electrons. The molecule has 1 aliphatic rings. The molecule has 2 rings (SSSR count). The smallest absolute Gasteiger partial charge is 0.251 e.